The van der Waals surface area contributed by atoms with Crippen molar-refractivity contribution in [2.24, 2.45) is 0 Å². The van der Waals surface area contributed by atoms with E-state index in [-0.39, 0.29) is 17.9 Å². The Balaban J connectivity index is 1.28. The van der Waals surface area contributed by atoms with Crippen molar-refractivity contribution >= 4 is 16.8 Å². The van der Waals surface area contributed by atoms with Gasteiger partial charge in [-0.25, -0.2) is 0 Å². The standard InChI is InChI=1S/C42H54N4O2/c47-42(43-35-17-7-2-1-3-8-18-35)41-40(37-19-9-10-20-38(37)46(41)30-29-44-25-11-12-26-44)39(33-15-5-4-6-16-33)34-21-23-36(24-22-34)48-32-31-45-27-13-14-28-45/h4-6,9-10,15-16,19-24,35,39H,1-3,7-8,11-14,17-18,25-32H2,(H,43,47). The number of para-hydroxylation sites is 1. The summed E-state index contributed by atoms with van der Waals surface area (Å²) in [6, 6.07) is 28.4. The zero-order valence-electron chi connectivity index (χ0n) is 28.8. The molecule has 7 rings (SSSR count). The second kappa shape index (κ2) is 16.2. The summed E-state index contributed by atoms with van der Waals surface area (Å²) in [5, 5.41) is 4.76. The van der Waals surface area contributed by atoms with Crippen molar-refractivity contribution in [1.29, 1.82) is 0 Å². The maximum Gasteiger partial charge on any atom is 0.268 e. The molecule has 1 aromatic heterocycles. The first kappa shape index (κ1) is 32.9. The normalized spacial score (nSPS) is 18.9. The molecule has 2 aliphatic heterocycles. The number of hydrogen-bond donors (Lipinski definition) is 1. The van der Waals surface area contributed by atoms with Gasteiger partial charge in [-0.15, -0.1) is 0 Å². The first-order valence-electron chi connectivity index (χ1n) is 18.9. The number of fused-ring (bicyclic) bond motifs is 1. The van der Waals surface area contributed by atoms with Crippen LogP contribution in [0, 0.1) is 0 Å². The van der Waals surface area contributed by atoms with Gasteiger partial charge in [0.05, 0.1) is 0 Å². The summed E-state index contributed by atoms with van der Waals surface area (Å²) in [6.45, 7) is 8.11. The van der Waals surface area contributed by atoms with Gasteiger partial charge in [0.15, 0.2) is 0 Å². The van der Waals surface area contributed by atoms with Crippen LogP contribution in [0.3, 0.4) is 0 Å². The number of carbonyl (C=O) groups is 1. The van der Waals surface area contributed by atoms with Crippen molar-refractivity contribution in [3.63, 3.8) is 0 Å². The maximum absolute atomic E-state index is 14.8. The van der Waals surface area contributed by atoms with Crippen LogP contribution in [0.4, 0.5) is 0 Å². The lowest BCUT2D eigenvalue weighted by molar-refractivity contribution is 0.0919. The lowest BCUT2D eigenvalue weighted by atomic mass is 9.83. The predicted molar refractivity (Wildman–Crippen MR) is 196 cm³/mol. The molecule has 3 fully saturated rings. The molecular formula is C42H54N4O2. The smallest absolute Gasteiger partial charge is 0.268 e. The Morgan fingerprint density at radius 3 is 1.98 bits per heavy atom. The van der Waals surface area contributed by atoms with Gasteiger partial charge in [-0.3, -0.25) is 9.69 Å². The Kier molecular flexibility index (Phi) is 11.1. The molecule has 1 atom stereocenters. The summed E-state index contributed by atoms with van der Waals surface area (Å²) < 4.78 is 8.57. The molecule has 0 spiro atoms. The molecule has 6 heteroatoms. The molecule has 1 N–H and O–H groups in total. The Morgan fingerprint density at radius 2 is 1.27 bits per heavy atom. The SMILES string of the molecule is O=C(NC1CCCCCCC1)c1c(C(c2ccccc2)c2ccc(OCCN3CCCC3)cc2)c2ccccc2n1CCN1CCCC1. The largest absolute Gasteiger partial charge is 0.492 e. The molecule has 3 heterocycles. The Morgan fingerprint density at radius 1 is 0.667 bits per heavy atom. The zero-order chi connectivity index (χ0) is 32.5. The highest BCUT2D eigenvalue weighted by atomic mass is 16.5. The fraction of sp³-hybridized carbons (Fsp3) is 0.500. The van der Waals surface area contributed by atoms with Crippen LogP contribution in [-0.4, -0.2) is 72.2 Å². The summed E-state index contributed by atoms with van der Waals surface area (Å²) >= 11 is 0. The van der Waals surface area contributed by atoms with Crippen LogP contribution in [0.5, 0.6) is 5.75 Å². The van der Waals surface area contributed by atoms with Crippen LogP contribution in [0.15, 0.2) is 78.9 Å². The highest BCUT2D eigenvalue weighted by Gasteiger charge is 2.31. The number of likely N-dealkylation sites (tertiary alicyclic amines) is 2. The first-order valence-corrected chi connectivity index (χ1v) is 18.9. The van der Waals surface area contributed by atoms with Gasteiger partial charge in [0.2, 0.25) is 0 Å². The van der Waals surface area contributed by atoms with Crippen LogP contribution in [0.2, 0.25) is 0 Å². The summed E-state index contributed by atoms with van der Waals surface area (Å²) in [7, 11) is 0. The number of nitrogens with one attached hydrogen (secondary N) is 1. The van der Waals surface area contributed by atoms with Gasteiger partial charge < -0.3 is 19.5 Å². The molecule has 1 aliphatic carbocycles. The lowest BCUT2D eigenvalue weighted by Crippen LogP contribution is -2.37. The molecule has 2 saturated heterocycles. The van der Waals surface area contributed by atoms with E-state index < -0.39 is 0 Å². The van der Waals surface area contributed by atoms with Crippen LogP contribution in [-0.2, 0) is 6.54 Å². The van der Waals surface area contributed by atoms with Crippen LogP contribution >= 0.6 is 0 Å². The van der Waals surface area contributed by atoms with Crippen molar-refractivity contribution < 1.29 is 9.53 Å². The fourth-order valence-corrected chi connectivity index (χ4v) is 8.43. The van der Waals surface area contributed by atoms with Crippen LogP contribution in [0.1, 0.15) is 104 Å². The Bertz CT molecular complexity index is 1590. The van der Waals surface area contributed by atoms with Crippen molar-refractivity contribution in [3.8, 4) is 5.75 Å². The van der Waals surface area contributed by atoms with E-state index in [0.29, 0.717) is 6.61 Å². The van der Waals surface area contributed by atoms with Crippen molar-refractivity contribution in [1.82, 2.24) is 19.7 Å². The van der Waals surface area contributed by atoms with Gasteiger partial charge >= 0.3 is 0 Å². The molecule has 1 saturated carbocycles. The van der Waals surface area contributed by atoms with Gasteiger partial charge in [0.1, 0.15) is 18.1 Å². The molecule has 3 aromatic carbocycles. The lowest BCUT2D eigenvalue weighted by Gasteiger charge is -2.25. The highest BCUT2D eigenvalue weighted by molar-refractivity contribution is 6.03. The van der Waals surface area contributed by atoms with Crippen molar-refractivity contribution in [3.05, 3.63) is 101 Å². The summed E-state index contributed by atoms with van der Waals surface area (Å²) in [5.74, 6) is 0.886. The molecule has 1 unspecified atom stereocenters. The minimum absolute atomic E-state index is 0.0796. The van der Waals surface area contributed by atoms with Gasteiger partial charge in [-0.05, 0) is 94.0 Å². The molecule has 254 valence electrons. The molecule has 6 nitrogen and oxygen atoms in total. The number of aromatic nitrogens is 1. The number of ether oxygens (including phenoxy) is 1. The number of benzene rings is 3. The quantitative estimate of drug-likeness (QED) is 0.169. The molecule has 4 aromatic rings. The number of nitrogens with zero attached hydrogens (tertiary/aromatic N) is 3. The molecule has 3 aliphatic rings. The number of rotatable bonds is 12. The highest BCUT2D eigenvalue weighted by Crippen LogP contribution is 2.41. The third-order valence-corrected chi connectivity index (χ3v) is 11.0. The molecule has 48 heavy (non-hydrogen) atoms. The molecular weight excluding hydrogens is 592 g/mol. The van der Waals surface area contributed by atoms with Crippen LogP contribution < -0.4 is 10.1 Å². The Labute approximate surface area is 287 Å². The van der Waals surface area contributed by atoms with Crippen LogP contribution in [0.25, 0.3) is 10.9 Å². The van der Waals surface area contributed by atoms with E-state index in [1.165, 1.54) is 87.4 Å². The molecule has 0 radical (unpaired) electrons. The average Bonchev–Trinajstić information content (AvgIpc) is 3.88. The summed E-state index contributed by atoms with van der Waals surface area (Å²) in [5.41, 5.74) is 5.47. The maximum atomic E-state index is 14.8. The Hall–Kier alpha value is -3.61. The molecule has 1 amide bonds. The van der Waals surface area contributed by atoms with Gasteiger partial charge in [-0.2, -0.15) is 0 Å². The third-order valence-electron chi connectivity index (χ3n) is 11.0. The predicted octanol–water partition coefficient (Wildman–Crippen LogP) is 8.23. The summed E-state index contributed by atoms with van der Waals surface area (Å²) in [6.07, 6.45) is 13.5. The van der Waals surface area contributed by atoms with E-state index in [2.05, 4.69) is 98.5 Å². The minimum Gasteiger partial charge on any atom is -0.492 e. The van der Waals surface area contributed by atoms with E-state index in [4.69, 9.17) is 4.74 Å². The van der Waals surface area contributed by atoms with E-state index in [1.807, 2.05) is 0 Å². The van der Waals surface area contributed by atoms with E-state index in [0.717, 1.165) is 68.1 Å². The fourth-order valence-electron chi connectivity index (χ4n) is 8.43. The zero-order valence-corrected chi connectivity index (χ0v) is 28.8. The summed E-state index contributed by atoms with van der Waals surface area (Å²) in [4.78, 5) is 19.8. The van der Waals surface area contributed by atoms with Gasteiger partial charge in [0, 0.05) is 48.1 Å². The number of hydrogen-bond acceptors (Lipinski definition) is 4. The van der Waals surface area contributed by atoms with E-state index in [9.17, 15) is 4.79 Å². The molecule has 0 bridgehead atoms. The van der Waals surface area contributed by atoms with Gasteiger partial charge in [-0.1, -0.05) is 92.8 Å². The third kappa shape index (κ3) is 7.82. The second-order valence-electron chi connectivity index (χ2n) is 14.3. The monoisotopic (exact) mass is 646 g/mol. The van der Waals surface area contributed by atoms with Gasteiger partial charge in [0.25, 0.3) is 5.91 Å². The van der Waals surface area contributed by atoms with Crippen molar-refractivity contribution in [2.45, 2.75) is 89.1 Å². The first-order chi connectivity index (χ1) is 23.7. The number of amides is 1. The van der Waals surface area contributed by atoms with E-state index in [1.54, 1.807) is 0 Å². The topological polar surface area (TPSA) is 49.7 Å². The van der Waals surface area contributed by atoms with E-state index >= 15 is 0 Å². The van der Waals surface area contributed by atoms with Crippen molar-refractivity contribution in [2.75, 3.05) is 45.9 Å². The second-order valence-corrected chi connectivity index (χ2v) is 14.3. The minimum atomic E-state index is -0.0964. The average molecular weight is 647 g/mol. The number of carbonyl (C=O) groups excluding carboxylic acids is 1.